The third kappa shape index (κ3) is 3.04. The molecule has 0 aliphatic rings. The van der Waals surface area contributed by atoms with E-state index < -0.39 is 5.66 Å². The van der Waals surface area contributed by atoms with Gasteiger partial charge in [-0.3, -0.25) is 0 Å². The highest BCUT2D eigenvalue weighted by Crippen LogP contribution is 2.38. The normalized spacial score (nSPS) is 10.6. The van der Waals surface area contributed by atoms with Crippen molar-refractivity contribution in [2.24, 2.45) is 9.98 Å². The summed E-state index contributed by atoms with van der Waals surface area (Å²) >= 11 is 0. The summed E-state index contributed by atoms with van der Waals surface area (Å²) in [5, 5.41) is 0. The Morgan fingerprint density at radius 3 is 1.43 bits per heavy atom. The van der Waals surface area contributed by atoms with E-state index in [1.54, 1.807) is 12.2 Å². The molecule has 4 heteroatoms. The van der Waals surface area contributed by atoms with Gasteiger partial charge < -0.3 is 0 Å². The largest absolute Gasteiger partial charge is 0.238 e. The molecule has 0 heterocycles. The van der Waals surface area contributed by atoms with Gasteiger partial charge in [0.15, 0.2) is 0 Å². The molecule has 2 aromatic rings. The Morgan fingerprint density at radius 1 is 0.739 bits per heavy atom. The number of isocyanates is 2. The standard InChI is InChI=1S/C19H18N2O2/c1-13-5-7-17(15(3)9-13)19(20-11-22,21-12-23)18-8-6-14(2)10-16(18)4/h5-10H,1-4H3. The molecule has 0 fully saturated rings. The van der Waals surface area contributed by atoms with Crippen LogP contribution in [0.1, 0.15) is 33.4 Å². The first kappa shape index (κ1) is 16.6. The van der Waals surface area contributed by atoms with Crippen molar-refractivity contribution < 1.29 is 9.59 Å². The number of hydrogen-bond acceptors (Lipinski definition) is 4. The molecule has 0 aromatic heterocycles. The molecule has 4 nitrogen and oxygen atoms in total. The fourth-order valence-corrected chi connectivity index (χ4v) is 2.95. The number of carbonyl (C=O) groups excluding carboxylic acids is 2. The minimum atomic E-state index is -1.45. The van der Waals surface area contributed by atoms with Crippen LogP contribution in [-0.2, 0) is 15.3 Å². The summed E-state index contributed by atoms with van der Waals surface area (Å²) in [5.41, 5.74) is 3.82. The Labute approximate surface area is 135 Å². The van der Waals surface area contributed by atoms with E-state index in [1.165, 1.54) is 0 Å². The monoisotopic (exact) mass is 306 g/mol. The van der Waals surface area contributed by atoms with E-state index in [4.69, 9.17) is 0 Å². The average Bonchev–Trinajstić information content (AvgIpc) is 2.47. The molecule has 0 aliphatic carbocycles. The summed E-state index contributed by atoms with van der Waals surface area (Å²) in [7, 11) is 0. The van der Waals surface area contributed by atoms with E-state index in [1.807, 2.05) is 64.1 Å². The molecule has 2 aromatic carbocycles. The molecule has 0 unspecified atom stereocenters. The molecular formula is C19H18N2O2. The van der Waals surface area contributed by atoms with Gasteiger partial charge in [0.25, 0.3) is 0 Å². The third-order valence-corrected chi connectivity index (χ3v) is 3.93. The van der Waals surface area contributed by atoms with E-state index >= 15 is 0 Å². The molecule has 0 radical (unpaired) electrons. The minimum absolute atomic E-state index is 0.668. The average molecular weight is 306 g/mol. The van der Waals surface area contributed by atoms with E-state index in [0.29, 0.717) is 11.1 Å². The van der Waals surface area contributed by atoms with Crippen LogP contribution in [0.15, 0.2) is 46.4 Å². The Hall–Kier alpha value is -2.80. The van der Waals surface area contributed by atoms with Crippen LogP contribution in [0.2, 0.25) is 0 Å². The van der Waals surface area contributed by atoms with Gasteiger partial charge in [0, 0.05) is 11.1 Å². The van der Waals surface area contributed by atoms with Gasteiger partial charge in [-0.15, -0.1) is 0 Å². The van der Waals surface area contributed by atoms with Crippen molar-refractivity contribution in [3.63, 3.8) is 0 Å². The van der Waals surface area contributed by atoms with Crippen LogP contribution in [0.4, 0.5) is 0 Å². The van der Waals surface area contributed by atoms with Gasteiger partial charge in [-0.1, -0.05) is 47.5 Å². The van der Waals surface area contributed by atoms with Crippen molar-refractivity contribution in [2.45, 2.75) is 33.4 Å². The van der Waals surface area contributed by atoms with Crippen LogP contribution in [-0.4, -0.2) is 12.2 Å². The second-order valence-electron chi connectivity index (χ2n) is 5.72. The lowest BCUT2D eigenvalue weighted by Crippen LogP contribution is -2.25. The maximum Gasteiger partial charge on any atom is 0.238 e. The SMILES string of the molecule is Cc1ccc(C(N=C=O)(N=C=O)c2ccc(C)cc2C)c(C)c1. The lowest BCUT2D eigenvalue weighted by Gasteiger charge is -2.27. The molecule has 0 amide bonds. The topological polar surface area (TPSA) is 58.9 Å². The van der Waals surface area contributed by atoms with Gasteiger partial charge in [0.05, 0.1) is 0 Å². The highest BCUT2D eigenvalue weighted by molar-refractivity contribution is 5.53. The van der Waals surface area contributed by atoms with Crippen LogP contribution in [0.3, 0.4) is 0 Å². The van der Waals surface area contributed by atoms with Gasteiger partial charge in [0.2, 0.25) is 17.8 Å². The summed E-state index contributed by atoms with van der Waals surface area (Å²) in [6.45, 7) is 7.76. The minimum Gasteiger partial charge on any atom is -0.211 e. The van der Waals surface area contributed by atoms with Crippen LogP contribution >= 0.6 is 0 Å². The molecule has 0 saturated carbocycles. The number of benzene rings is 2. The summed E-state index contributed by atoms with van der Waals surface area (Å²) in [6, 6.07) is 11.4. The van der Waals surface area contributed by atoms with Crippen LogP contribution in [0.5, 0.6) is 0 Å². The number of rotatable bonds is 4. The van der Waals surface area contributed by atoms with E-state index in [2.05, 4.69) is 9.98 Å². The molecule has 0 atom stereocenters. The maximum absolute atomic E-state index is 11.1. The van der Waals surface area contributed by atoms with Crippen LogP contribution < -0.4 is 0 Å². The van der Waals surface area contributed by atoms with E-state index in [0.717, 1.165) is 22.3 Å². The Bertz CT molecular complexity index is 771. The lowest BCUT2D eigenvalue weighted by atomic mass is 9.85. The lowest BCUT2D eigenvalue weighted by molar-refractivity contribution is 0.513. The number of hydrogen-bond donors (Lipinski definition) is 0. The third-order valence-electron chi connectivity index (χ3n) is 3.93. The molecule has 0 saturated heterocycles. The Kier molecular flexibility index (Phi) is 4.71. The quantitative estimate of drug-likeness (QED) is 0.637. The summed E-state index contributed by atoms with van der Waals surface area (Å²) in [6.07, 6.45) is 3.15. The van der Waals surface area contributed by atoms with Crippen LogP contribution in [0.25, 0.3) is 0 Å². The van der Waals surface area contributed by atoms with Gasteiger partial charge in [0.1, 0.15) is 0 Å². The highest BCUT2D eigenvalue weighted by Gasteiger charge is 2.37. The zero-order chi connectivity index (χ0) is 17.0. The fourth-order valence-electron chi connectivity index (χ4n) is 2.95. The number of aliphatic imine (C=N–C) groups is 2. The molecule has 0 bridgehead atoms. The van der Waals surface area contributed by atoms with Crippen molar-refractivity contribution in [3.8, 4) is 0 Å². The van der Waals surface area contributed by atoms with E-state index in [-0.39, 0.29) is 0 Å². The molecule has 0 spiro atoms. The highest BCUT2D eigenvalue weighted by atomic mass is 16.1. The molecule has 0 aliphatic heterocycles. The van der Waals surface area contributed by atoms with Gasteiger partial charge in [-0.05, 0) is 38.8 Å². The fraction of sp³-hybridized carbons (Fsp3) is 0.263. The van der Waals surface area contributed by atoms with Crippen molar-refractivity contribution in [3.05, 3.63) is 69.8 Å². The summed E-state index contributed by atoms with van der Waals surface area (Å²) in [4.78, 5) is 30.1. The predicted molar refractivity (Wildman–Crippen MR) is 88.9 cm³/mol. The van der Waals surface area contributed by atoms with Crippen molar-refractivity contribution >= 4 is 12.2 Å². The first-order valence-corrected chi connectivity index (χ1v) is 7.28. The predicted octanol–water partition coefficient (Wildman–Crippen LogP) is 3.79. The first-order chi connectivity index (χ1) is 10.9. The molecule has 23 heavy (non-hydrogen) atoms. The van der Waals surface area contributed by atoms with Crippen molar-refractivity contribution in [1.29, 1.82) is 0 Å². The summed E-state index contributed by atoms with van der Waals surface area (Å²) < 4.78 is 0. The van der Waals surface area contributed by atoms with E-state index in [9.17, 15) is 9.59 Å². The second-order valence-corrected chi connectivity index (χ2v) is 5.72. The van der Waals surface area contributed by atoms with Gasteiger partial charge >= 0.3 is 0 Å². The van der Waals surface area contributed by atoms with Gasteiger partial charge in [-0.25, -0.2) is 9.59 Å². The molecule has 116 valence electrons. The molecule has 0 N–H and O–H groups in total. The summed E-state index contributed by atoms with van der Waals surface area (Å²) in [5.74, 6) is 0. The first-order valence-electron chi connectivity index (χ1n) is 7.28. The Morgan fingerprint density at radius 2 is 1.13 bits per heavy atom. The van der Waals surface area contributed by atoms with Crippen LogP contribution in [0, 0.1) is 27.7 Å². The van der Waals surface area contributed by atoms with Crippen molar-refractivity contribution in [1.82, 2.24) is 0 Å². The van der Waals surface area contributed by atoms with Gasteiger partial charge in [-0.2, -0.15) is 9.98 Å². The van der Waals surface area contributed by atoms with Crippen molar-refractivity contribution in [2.75, 3.05) is 0 Å². The zero-order valence-electron chi connectivity index (χ0n) is 13.7. The number of aryl methyl sites for hydroxylation is 4. The Balaban J connectivity index is 2.90. The number of nitrogens with zero attached hydrogens (tertiary/aromatic N) is 2. The smallest absolute Gasteiger partial charge is 0.211 e. The molecular weight excluding hydrogens is 288 g/mol. The zero-order valence-corrected chi connectivity index (χ0v) is 13.7. The second kappa shape index (κ2) is 6.53. The molecule has 2 rings (SSSR count). The maximum atomic E-state index is 11.1.